The van der Waals surface area contributed by atoms with E-state index >= 15 is 0 Å². The summed E-state index contributed by atoms with van der Waals surface area (Å²) in [4.78, 5) is 8.00. The summed E-state index contributed by atoms with van der Waals surface area (Å²) in [5.74, 6) is 0. The van der Waals surface area contributed by atoms with E-state index in [4.69, 9.17) is 30.8 Å². The minimum Gasteiger partial charge on any atom is -0.473 e. The van der Waals surface area contributed by atoms with Crippen molar-refractivity contribution < 1.29 is 15.1 Å². The number of halogens is 2. The quantitative estimate of drug-likeness (QED) is 0.251. The van der Waals surface area contributed by atoms with E-state index in [2.05, 4.69) is 9.97 Å². The second kappa shape index (κ2) is 9.35. The minimum absolute atomic E-state index is 0.226. The summed E-state index contributed by atoms with van der Waals surface area (Å²) in [7, 11) is 9.67. The SMILES string of the molecule is [Cl][Rh][Cl].[NH-]c1nc2ccccc2s1.[NH-]c1nc2ccccc2s1. The van der Waals surface area contributed by atoms with Crippen LogP contribution in [0.1, 0.15) is 0 Å². The zero-order chi connectivity index (χ0) is 16.7. The molecule has 0 unspecified atom stereocenters. The van der Waals surface area contributed by atoms with Crippen LogP contribution in [0.5, 0.6) is 0 Å². The molecule has 0 atom stereocenters. The fourth-order valence-electron chi connectivity index (χ4n) is 1.74. The van der Waals surface area contributed by atoms with Crippen LogP contribution >= 0.6 is 42.1 Å². The number of aromatic nitrogens is 2. The number of nitrogens with zero attached hydrogens (tertiary/aromatic N) is 2. The van der Waals surface area contributed by atoms with Crippen LogP contribution in [0, 0.1) is 0 Å². The average Bonchev–Trinajstić information content (AvgIpc) is 3.08. The molecule has 0 saturated heterocycles. The number of fused-ring (bicyclic) bond motifs is 2. The maximum absolute atomic E-state index is 7.23. The molecule has 0 spiro atoms. The molecule has 2 heterocycles. The first kappa shape index (κ1) is 18.4. The second-order valence-corrected chi connectivity index (χ2v) is 8.57. The molecule has 2 aromatic heterocycles. The van der Waals surface area contributed by atoms with Gasteiger partial charge in [-0.1, -0.05) is 36.4 Å². The molecule has 123 valence electrons. The van der Waals surface area contributed by atoms with Crippen molar-refractivity contribution in [1.82, 2.24) is 9.97 Å². The molecule has 9 heteroatoms. The number of thiazole rings is 2. The predicted octanol–water partition coefficient (Wildman–Crippen LogP) is 7.34. The van der Waals surface area contributed by atoms with Gasteiger partial charge in [0, 0.05) is 9.40 Å². The Bertz CT molecular complexity index is 743. The van der Waals surface area contributed by atoms with Crippen LogP contribution < -0.4 is 0 Å². The van der Waals surface area contributed by atoms with Crippen LogP contribution in [0.2, 0.25) is 0 Å². The van der Waals surface area contributed by atoms with Crippen LogP contribution in [0.15, 0.2) is 48.5 Å². The standard InChI is InChI=1S/2C7H5N2S.2ClH.Rh/c2*8-7-9-5-3-1-2-4-6(5)10-7;;;/h2*1-4H,(H-,8,9);2*1H;/q2*-1;;;+2/p-2. The number of nitrogens with one attached hydrogen (secondary N) is 2. The summed E-state index contributed by atoms with van der Waals surface area (Å²) in [5, 5.41) is 0.780. The smallest absolute Gasteiger partial charge is 0.0300 e. The largest absolute Gasteiger partial charge is 0.473 e. The fourth-order valence-corrected chi connectivity index (χ4v) is 3.18. The van der Waals surface area contributed by atoms with Crippen molar-refractivity contribution in [3.8, 4) is 0 Å². The maximum Gasteiger partial charge on any atom is 0.0300 e. The molecule has 0 amide bonds. The first-order chi connectivity index (χ1) is 11.1. The molecule has 4 aromatic rings. The van der Waals surface area contributed by atoms with Gasteiger partial charge < -0.3 is 21.4 Å². The second-order valence-electron chi connectivity index (χ2n) is 4.02. The number of benzene rings is 2. The fraction of sp³-hybridized carbons (Fsp3) is 0. The van der Waals surface area contributed by atoms with Gasteiger partial charge in [-0.2, -0.15) is 0 Å². The Labute approximate surface area is 157 Å². The molecule has 4 rings (SSSR count). The number of hydrogen-bond acceptors (Lipinski definition) is 4. The van der Waals surface area contributed by atoms with E-state index in [1.165, 1.54) is 22.7 Å². The zero-order valence-electron chi connectivity index (χ0n) is 11.4. The van der Waals surface area contributed by atoms with Crippen molar-refractivity contribution in [2.75, 3.05) is 0 Å². The molecular formula is C14H10Cl2N4RhS2-2. The number of hydrogen-bond donors (Lipinski definition) is 0. The molecule has 0 aliphatic rings. The molecule has 0 fully saturated rings. The van der Waals surface area contributed by atoms with E-state index in [1.807, 2.05) is 48.5 Å². The maximum atomic E-state index is 7.23. The van der Waals surface area contributed by atoms with Gasteiger partial charge in [-0.25, -0.2) is 0 Å². The summed E-state index contributed by atoms with van der Waals surface area (Å²) in [6, 6.07) is 15.6. The Morgan fingerprint density at radius 3 is 1.43 bits per heavy atom. The molecule has 0 bridgehead atoms. The Kier molecular flexibility index (Phi) is 7.47. The zero-order valence-corrected chi connectivity index (χ0v) is 16.2. The van der Waals surface area contributed by atoms with Crippen molar-refractivity contribution in [2.45, 2.75) is 0 Å². The third kappa shape index (κ3) is 5.55. The first-order valence-electron chi connectivity index (χ1n) is 6.12. The van der Waals surface area contributed by atoms with E-state index in [-0.39, 0.29) is 15.1 Å². The first-order valence-corrected chi connectivity index (χ1v) is 12.0. The summed E-state index contributed by atoms with van der Waals surface area (Å²) >= 11 is 2.59. The van der Waals surface area contributed by atoms with E-state index < -0.39 is 0 Å². The molecule has 23 heavy (non-hydrogen) atoms. The van der Waals surface area contributed by atoms with Gasteiger partial charge in [0.05, 0.1) is 0 Å². The minimum atomic E-state index is -0.226. The van der Waals surface area contributed by atoms with Gasteiger partial charge in [0.15, 0.2) is 0 Å². The molecule has 0 aliphatic heterocycles. The van der Waals surface area contributed by atoms with Gasteiger partial charge in [0.1, 0.15) is 0 Å². The molecular weight excluding hydrogens is 462 g/mol. The predicted molar refractivity (Wildman–Crippen MR) is 98.9 cm³/mol. The van der Waals surface area contributed by atoms with Gasteiger partial charge in [-0.3, -0.25) is 0 Å². The van der Waals surface area contributed by atoms with E-state index in [0.717, 1.165) is 20.4 Å². The summed E-state index contributed by atoms with van der Waals surface area (Å²) in [5.41, 5.74) is 16.3. The normalized spacial score (nSPS) is 10.0. The van der Waals surface area contributed by atoms with Gasteiger partial charge in [0.2, 0.25) is 0 Å². The molecule has 0 aliphatic carbocycles. The molecule has 2 N–H and O–H groups in total. The molecule has 0 saturated carbocycles. The van der Waals surface area contributed by atoms with E-state index in [0.29, 0.717) is 10.3 Å². The van der Waals surface area contributed by atoms with Crippen LogP contribution in [0.25, 0.3) is 31.9 Å². The third-order valence-corrected chi connectivity index (χ3v) is 4.29. The van der Waals surface area contributed by atoms with Gasteiger partial charge in [-0.15, -0.1) is 22.7 Å². The topological polar surface area (TPSA) is 73.4 Å². The van der Waals surface area contributed by atoms with Crippen molar-refractivity contribution >= 4 is 72.8 Å². The van der Waals surface area contributed by atoms with Crippen LogP contribution in [0.3, 0.4) is 0 Å². The Morgan fingerprint density at radius 1 is 0.739 bits per heavy atom. The van der Waals surface area contributed by atoms with Crippen LogP contribution in [-0.4, -0.2) is 9.97 Å². The number of para-hydroxylation sites is 2. The molecule has 2 aromatic carbocycles. The van der Waals surface area contributed by atoms with Crippen molar-refractivity contribution in [1.29, 1.82) is 0 Å². The summed E-state index contributed by atoms with van der Waals surface area (Å²) < 4.78 is 2.18. The van der Waals surface area contributed by atoms with E-state index in [9.17, 15) is 0 Å². The Morgan fingerprint density at radius 2 is 1.09 bits per heavy atom. The van der Waals surface area contributed by atoms with Crippen molar-refractivity contribution in [3.63, 3.8) is 0 Å². The van der Waals surface area contributed by atoms with Gasteiger partial charge >= 0.3 is 34.5 Å². The third-order valence-electron chi connectivity index (χ3n) is 2.59. The summed E-state index contributed by atoms with van der Waals surface area (Å²) in [6.45, 7) is 0. The Hall–Kier alpha value is -0.977. The molecule has 4 nitrogen and oxygen atoms in total. The summed E-state index contributed by atoms with van der Waals surface area (Å²) in [6.07, 6.45) is 0. The van der Waals surface area contributed by atoms with Crippen LogP contribution in [0.4, 0.5) is 10.3 Å². The van der Waals surface area contributed by atoms with Crippen molar-refractivity contribution in [2.24, 2.45) is 0 Å². The monoisotopic (exact) mass is 471 g/mol. The van der Waals surface area contributed by atoms with Gasteiger partial charge in [0.25, 0.3) is 0 Å². The molecule has 0 radical (unpaired) electrons. The Balaban J connectivity index is 0.000000143. The van der Waals surface area contributed by atoms with Crippen LogP contribution in [-0.2, 0) is 15.1 Å². The van der Waals surface area contributed by atoms with Gasteiger partial charge in [-0.05, 0) is 33.4 Å². The average molecular weight is 472 g/mol. The van der Waals surface area contributed by atoms with E-state index in [1.54, 1.807) is 0 Å². The van der Waals surface area contributed by atoms with Crippen molar-refractivity contribution in [3.05, 3.63) is 60.0 Å². The number of rotatable bonds is 0.